The lowest BCUT2D eigenvalue weighted by atomic mass is 9.84. The summed E-state index contributed by atoms with van der Waals surface area (Å²) in [7, 11) is 3.56. The number of hydrogen-bond acceptors (Lipinski definition) is 5. The normalized spacial score (nSPS) is 16.2. The SMILES string of the molecule is CN=C(NCC(C)(C)c1cccc(OC)c1)N1CCN(Cc2cc(C)on2)CC1. The molecule has 0 amide bonds. The van der Waals surface area contributed by atoms with Crippen molar-refractivity contribution in [1.82, 2.24) is 20.3 Å². The molecule has 0 spiro atoms. The monoisotopic (exact) mass is 399 g/mol. The fourth-order valence-corrected chi connectivity index (χ4v) is 3.62. The van der Waals surface area contributed by atoms with Gasteiger partial charge in [0.05, 0.1) is 12.8 Å². The summed E-state index contributed by atoms with van der Waals surface area (Å²) < 4.78 is 10.6. The maximum atomic E-state index is 5.38. The molecule has 7 nitrogen and oxygen atoms in total. The molecule has 0 aliphatic carbocycles. The first kappa shape index (κ1) is 21.2. The number of guanidine groups is 1. The van der Waals surface area contributed by atoms with E-state index in [9.17, 15) is 0 Å². The smallest absolute Gasteiger partial charge is 0.193 e. The molecule has 0 saturated carbocycles. The molecule has 0 atom stereocenters. The van der Waals surface area contributed by atoms with Crippen LogP contribution in [0.4, 0.5) is 0 Å². The Kier molecular flexibility index (Phi) is 6.79. The van der Waals surface area contributed by atoms with Crippen LogP contribution < -0.4 is 10.1 Å². The van der Waals surface area contributed by atoms with Crippen molar-refractivity contribution in [2.75, 3.05) is 46.9 Å². The second-order valence-electron chi connectivity index (χ2n) is 8.21. The van der Waals surface area contributed by atoms with Crippen molar-refractivity contribution >= 4 is 5.96 Å². The van der Waals surface area contributed by atoms with E-state index in [4.69, 9.17) is 9.26 Å². The van der Waals surface area contributed by atoms with Crippen LogP contribution in [-0.2, 0) is 12.0 Å². The lowest BCUT2D eigenvalue weighted by Gasteiger charge is -2.37. The number of aryl methyl sites for hydroxylation is 1. The first-order chi connectivity index (χ1) is 13.9. The van der Waals surface area contributed by atoms with E-state index < -0.39 is 0 Å². The van der Waals surface area contributed by atoms with Gasteiger partial charge >= 0.3 is 0 Å². The number of ether oxygens (including phenoxy) is 1. The molecular weight excluding hydrogens is 366 g/mol. The summed E-state index contributed by atoms with van der Waals surface area (Å²) in [6.07, 6.45) is 0. The van der Waals surface area contributed by atoms with E-state index in [-0.39, 0.29) is 5.41 Å². The Bertz CT molecular complexity index is 822. The van der Waals surface area contributed by atoms with E-state index in [2.05, 4.69) is 51.2 Å². The molecule has 1 fully saturated rings. The summed E-state index contributed by atoms with van der Waals surface area (Å²) in [6, 6.07) is 10.3. The van der Waals surface area contributed by atoms with Crippen molar-refractivity contribution in [2.45, 2.75) is 32.7 Å². The molecule has 1 aliphatic heterocycles. The fourth-order valence-electron chi connectivity index (χ4n) is 3.62. The van der Waals surface area contributed by atoms with E-state index in [0.29, 0.717) is 0 Å². The minimum absolute atomic E-state index is 0.0445. The van der Waals surface area contributed by atoms with Crippen LogP contribution in [0.2, 0.25) is 0 Å². The van der Waals surface area contributed by atoms with E-state index >= 15 is 0 Å². The van der Waals surface area contributed by atoms with Crippen LogP contribution in [0.1, 0.15) is 30.9 Å². The average molecular weight is 400 g/mol. The van der Waals surface area contributed by atoms with Gasteiger partial charge in [-0.25, -0.2) is 0 Å². The van der Waals surface area contributed by atoms with Gasteiger partial charge in [0.1, 0.15) is 11.5 Å². The summed E-state index contributed by atoms with van der Waals surface area (Å²) in [4.78, 5) is 9.25. The largest absolute Gasteiger partial charge is 0.497 e. The molecule has 1 saturated heterocycles. The van der Waals surface area contributed by atoms with Gasteiger partial charge in [0.15, 0.2) is 5.96 Å². The van der Waals surface area contributed by atoms with Crippen molar-refractivity contribution in [3.05, 3.63) is 47.3 Å². The zero-order chi connectivity index (χ0) is 20.9. The first-order valence-corrected chi connectivity index (χ1v) is 10.2. The van der Waals surface area contributed by atoms with Gasteiger partial charge in [-0.05, 0) is 24.6 Å². The molecule has 2 aromatic rings. The maximum Gasteiger partial charge on any atom is 0.193 e. The second-order valence-corrected chi connectivity index (χ2v) is 8.21. The fraction of sp³-hybridized carbons (Fsp3) is 0.545. The predicted octanol–water partition coefficient (Wildman–Crippen LogP) is 2.66. The number of aromatic nitrogens is 1. The van der Waals surface area contributed by atoms with E-state index in [1.807, 2.05) is 32.2 Å². The molecular formula is C22H33N5O2. The Morgan fingerprint density at radius 2 is 2.00 bits per heavy atom. The molecule has 2 heterocycles. The number of nitrogens with one attached hydrogen (secondary N) is 1. The highest BCUT2D eigenvalue weighted by Gasteiger charge is 2.24. The van der Waals surface area contributed by atoms with Gasteiger partial charge in [-0.3, -0.25) is 9.89 Å². The number of nitrogens with zero attached hydrogens (tertiary/aromatic N) is 4. The molecule has 158 valence electrons. The van der Waals surface area contributed by atoms with Gasteiger partial charge in [0.2, 0.25) is 0 Å². The van der Waals surface area contributed by atoms with Crippen LogP contribution in [0.5, 0.6) is 5.75 Å². The number of methoxy groups -OCH3 is 1. The molecule has 7 heteroatoms. The molecule has 3 rings (SSSR count). The zero-order valence-corrected chi connectivity index (χ0v) is 18.2. The maximum absolute atomic E-state index is 5.38. The Morgan fingerprint density at radius 1 is 1.24 bits per heavy atom. The van der Waals surface area contributed by atoms with E-state index in [1.54, 1.807) is 7.11 Å². The van der Waals surface area contributed by atoms with Gasteiger partial charge in [0.25, 0.3) is 0 Å². The minimum atomic E-state index is -0.0445. The van der Waals surface area contributed by atoms with Crippen LogP contribution in [0.3, 0.4) is 0 Å². The third kappa shape index (κ3) is 5.50. The minimum Gasteiger partial charge on any atom is -0.497 e. The van der Waals surface area contributed by atoms with Gasteiger partial charge in [-0.1, -0.05) is 31.1 Å². The van der Waals surface area contributed by atoms with Crippen LogP contribution in [0.25, 0.3) is 0 Å². The lowest BCUT2D eigenvalue weighted by Crippen LogP contribution is -2.53. The molecule has 1 N–H and O–H groups in total. The van der Waals surface area contributed by atoms with Crippen LogP contribution in [0.15, 0.2) is 39.8 Å². The van der Waals surface area contributed by atoms with Crippen molar-refractivity contribution in [3.63, 3.8) is 0 Å². The standard InChI is InChI=1S/C22H33N5O2/c1-17-13-19(25-29-17)15-26-9-11-27(12-10-26)21(23-4)24-16-22(2,3)18-7-6-8-20(14-18)28-5/h6-8,13-14H,9-12,15-16H2,1-5H3,(H,23,24). The van der Waals surface area contributed by atoms with Gasteiger partial charge in [-0.2, -0.15) is 0 Å². The first-order valence-electron chi connectivity index (χ1n) is 10.2. The topological polar surface area (TPSA) is 66.1 Å². The van der Waals surface area contributed by atoms with Crippen LogP contribution in [0, 0.1) is 6.92 Å². The Balaban J connectivity index is 1.52. The van der Waals surface area contributed by atoms with E-state index in [0.717, 1.165) is 62.4 Å². The summed E-state index contributed by atoms with van der Waals surface area (Å²) in [5.74, 6) is 2.71. The number of rotatable bonds is 6. The van der Waals surface area contributed by atoms with Crippen molar-refractivity contribution in [3.8, 4) is 5.75 Å². The average Bonchev–Trinajstić information content (AvgIpc) is 3.14. The third-order valence-corrected chi connectivity index (χ3v) is 5.49. The highest BCUT2D eigenvalue weighted by atomic mass is 16.5. The number of hydrogen-bond donors (Lipinski definition) is 1. The lowest BCUT2D eigenvalue weighted by molar-refractivity contribution is 0.168. The molecule has 1 aromatic heterocycles. The zero-order valence-electron chi connectivity index (χ0n) is 18.2. The number of aliphatic imine (C=N–C) groups is 1. The molecule has 29 heavy (non-hydrogen) atoms. The van der Waals surface area contributed by atoms with Crippen molar-refractivity contribution in [2.24, 2.45) is 4.99 Å². The summed E-state index contributed by atoms with van der Waals surface area (Å²) in [6.45, 7) is 11.9. The predicted molar refractivity (Wildman–Crippen MR) is 115 cm³/mol. The van der Waals surface area contributed by atoms with E-state index in [1.165, 1.54) is 5.56 Å². The van der Waals surface area contributed by atoms with Gasteiger partial charge < -0.3 is 19.5 Å². The molecule has 1 aromatic carbocycles. The number of piperazine rings is 1. The van der Waals surface area contributed by atoms with Crippen molar-refractivity contribution in [1.29, 1.82) is 0 Å². The molecule has 0 unspecified atom stereocenters. The Labute approximate surface area is 173 Å². The second kappa shape index (κ2) is 9.31. The van der Waals surface area contributed by atoms with Gasteiger partial charge in [0, 0.05) is 57.8 Å². The Morgan fingerprint density at radius 3 is 2.62 bits per heavy atom. The summed E-state index contributed by atoms with van der Waals surface area (Å²) >= 11 is 0. The van der Waals surface area contributed by atoms with Crippen molar-refractivity contribution < 1.29 is 9.26 Å². The molecule has 0 radical (unpaired) electrons. The Hall–Kier alpha value is -2.54. The number of benzene rings is 1. The van der Waals surface area contributed by atoms with Crippen LogP contribution >= 0.6 is 0 Å². The molecule has 0 bridgehead atoms. The summed E-state index contributed by atoms with van der Waals surface area (Å²) in [5, 5.41) is 7.67. The van der Waals surface area contributed by atoms with Gasteiger partial charge in [-0.15, -0.1) is 0 Å². The summed E-state index contributed by atoms with van der Waals surface area (Å²) in [5.41, 5.74) is 2.20. The molecule has 1 aliphatic rings. The van der Waals surface area contributed by atoms with Crippen LogP contribution in [-0.4, -0.2) is 67.8 Å². The third-order valence-electron chi connectivity index (χ3n) is 5.49. The highest BCUT2D eigenvalue weighted by molar-refractivity contribution is 5.80. The quantitative estimate of drug-likeness (QED) is 0.595. The highest BCUT2D eigenvalue weighted by Crippen LogP contribution is 2.25.